The van der Waals surface area contributed by atoms with Crippen LogP contribution in [0.4, 0.5) is 4.39 Å². The number of para-hydroxylation sites is 1. The number of aromatic nitrogens is 3. The molecule has 0 saturated heterocycles. The lowest BCUT2D eigenvalue weighted by atomic mass is 10.2. The van der Waals surface area contributed by atoms with Gasteiger partial charge in [-0.2, -0.15) is 0 Å². The molecule has 8 nitrogen and oxygen atoms in total. The van der Waals surface area contributed by atoms with Crippen molar-refractivity contribution in [2.75, 3.05) is 41.4 Å². The number of hydrogen-bond donors (Lipinski definition) is 1. The van der Waals surface area contributed by atoms with Crippen LogP contribution in [0.2, 0.25) is 0 Å². The molecule has 0 spiro atoms. The van der Waals surface area contributed by atoms with Gasteiger partial charge in [-0.1, -0.05) is 53.4 Å². The van der Waals surface area contributed by atoms with Crippen molar-refractivity contribution in [1.29, 1.82) is 0 Å². The van der Waals surface area contributed by atoms with Gasteiger partial charge in [0.25, 0.3) is 0 Å². The van der Waals surface area contributed by atoms with Crippen LogP contribution in [0.15, 0.2) is 82.7 Å². The van der Waals surface area contributed by atoms with E-state index >= 15 is 0 Å². The molecule has 1 N–H and O–H groups in total. The van der Waals surface area contributed by atoms with Crippen molar-refractivity contribution in [3.63, 3.8) is 0 Å². The van der Waals surface area contributed by atoms with Crippen LogP contribution >= 0.6 is 11.8 Å². The van der Waals surface area contributed by atoms with Gasteiger partial charge in [0.1, 0.15) is 23.7 Å². The number of hydrogen-bond acceptors (Lipinski definition) is 7. The first-order valence-electron chi connectivity index (χ1n) is 11.4. The summed E-state index contributed by atoms with van der Waals surface area (Å²) in [6.07, 6.45) is 1.64. The van der Waals surface area contributed by atoms with Gasteiger partial charge in [-0.3, -0.25) is 0 Å². The van der Waals surface area contributed by atoms with Gasteiger partial charge in [0.2, 0.25) is 0 Å². The minimum Gasteiger partial charge on any atom is -0.545 e. The number of carboxylic acids is 1. The molecule has 1 heterocycles. The molecule has 0 saturated carbocycles. The third-order valence-electron chi connectivity index (χ3n) is 5.14. The van der Waals surface area contributed by atoms with Crippen LogP contribution in [-0.4, -0.2) is 72.0 Å². The number of nitrogens with zero attached hydrogens (tertiary/aromatic N) is 4. The normalized spacial score (nSPS) is 11.0. The van der Waals surface area contributed by atoms with Gasteiger partial charge in [-0.25, -0.2) is 9.07 Å². The van der Waals surface area contributed by atoms with Crippen molar-refractivity contribution in [1.82, 2.24) is 15.0 Å². The Labute approximate surface area is 219 Å². The van der Waals surface area contributed by atoms with E-state index in [4.69, 9.17) is 9.84 Å². The predicted octanol–water partition coefficient (Wildman–Crippen LogP) is 3.28. The zero-order valence-electron chi connectivity index (χ0n) is 21.1. The summed E-state index contributed by atoms with van der Waals surface area (Å²) in [5, 5.41) is 27.6. The van der Waals surface area contributed by atoms with E-state index in [9.17, 15) is 14.3 Å². The Hall–Kier alpha value is -3.73. The fraction of sp³-hybridized carbons (Fsp3) is 0.222. The Morgan fingerprint density at radius 3 is 2.38 bits per heavy atom. The average molecular weight is 525 g/mol. The summed E-state index contributed by atoms with van der Waals surface area (Å²) < 4.78 is 21.8. The van der Waals surface area contributed by atoms with Crippen LogP contribution in [0.5, 0.6) is 5.75 Å². The first kappa shape index (κ1) is 27.9. The lowest BCUT2D eigenvalue weighted by molar-refractivity contribution is -0.870. The number of likely N-dealkylation sites (N-methyl/N-ethyl adjacent to an activating group) is 1. The first-order chi connectivity index (χ1) is 17.6. The van der Waals surface area contributed by atoms with E-state index in [1.807, 2.05) is 24.3 Å². The van der Waals surface area contributed by atoms with Gasteiger partial charge in [-0.15, -0.1) is 5.10 Å². The highest BCUT2D eigenvalue weighted by atomic mass is 32.2. The number of halogens is 1. The number of ether oxygens (including phenoxy) is 1. The van der Waals surface area contributed by atoms with E-state index in [2.05, 4.69) is 31.5 Å². The Balaban J connectivity index is 0.000000479. The molecule has 0 fully saturated rings. The quantitative estimate of drug-likeness (QED) is 0.353. The van der Waals surface area contributed by atoms with Gasteiger partial charge in [0.15, 0.2) is 5.82 Å². The number of methoxy groups -OCH3 is 1. The largest absolute Gasteiger partial charge is 0.545 e. The number of benzene rings is 3. The van der Waals surface area contributed by atoms with Gasteiger partial charge >= 0.3 is 0 Å². The topological polar surface area (TPSA) is 100 Å². The third kappa shape index (κ3) is 7.63. The summed E-state index contributed by atoms with van der Waals surface area (Å²) in [5.74, 6) is -1.34. The maximum Gasteiger partial charge on any atom is 0.152 e. The highest BCUT2D eigenvalue weighted by Gasteiger charge is 2.16. The van der Waals surface area contributed by atoms with Crippen molar-refractivity contribution < 1.29 is 28.6 Å². The maximum absolute atomic E-state index is 14.4. The highest BCUT2D eigenvalue weighted by molar-refractivity contribution is 7.99. The number of aromatic carboxylic acids is 1. The molecule has 0 atom stereocenters. The van der Waals surface area contributed by atoms with Crippen LogP contribution in [0, 0.1) is 5.82 Å². The molecule has 37 heavy (non-hydrogen) atoms. The second-order valence-corrected chi connectivity index (χ2v) is 10.1. The molecule has 0 radical (unpaired) electrons. The molecule has 0 amide bonds. The summed E-state index contributed by atoms with van der Waals surface area (Å²) in [7, 11) is 7.62. The summed E-state index contributed by atoms with van der Waals surface area (Å²) in [5.41, 5.74) is 1.68. The zero-order valence-corrected chi connectivity index (χ0v) is 21.9. The molecule has 0 aliphatic rings. The molecule has 0 bridgehead atoms. The molecular formula is C27H29FN4O4S. The van der Waals surface area contributed by atoms with Crippen LogP contribution in [0.25, 0.3) is 16.9 Å². The second kappa shape index (κ2) is 12.5. The van der Waals surface area contributed by atoms with E-state index < -0.39 is 11.8 Å². The number of rotatable bonds is 8. The van der Waals surface area contributed by atoms with Crippen LogP contribution in [0.3, 0.4) is 0 Å². The average Bonchev–Trinajstić information content (AvgIpc) is 3.33. The number of aliphatic hydroxyl groups excluding tert-OH is 1. The molecule has 3 aromatic carbocycles. The van der Waals surface area contributed by atoms with Crippen LogP contribution in [0.1, 0.15) is 10.4 Å². The van der Waals surface area contributed by atoms with Gasteiger partial charge in [0, 0.05) is 15.4 Å². The molecule has 10 heteroatoms. The summed E-state index contributed by atoms with van der Waals surface area (Å²) in [4.78, 5) is 12.7. The Kier molecular flexibility index (Phi) is 9.40. The molecular weight excluding hydrogens is 495 g/mol. The summed E-state index contributed by atoms with van der Waals surface area (Å²) >= 11 is 1.46. The molecule has 1 aromatic heterocycles. The van der Waals surface area contributed by atoms with E-state index in [0.29, 0.717) is 11.4 Å². The van der Waals surface area contributed by atoms with Gasteiger partial charge in [-0.05, 0) is 35.9 Å². The van der Waals surface area contributed by atoms with Crippen LogP contribution < -0.4 is 9.84 Å². The minimum absolute atomic E-state index is 0.120. The molecule has 4 aromatic rings. The van der Waals surface area contributed by atoms with Crippen molar-refractivity contribution in [2.24, 2.45) is 0 Å². The van der Waals surface area contributed by atoms with Crippen molar-refractivity contribution >= 4 is 17.7 Å². The van der Waals surface area contributed by atoms with E-state index in [0.717, 1.165) is 26.4 Å². The number of aliphatic hydroxyl groups is 1. The maximum atomic E-state index is 14.4. The lowest BCUT2D eigenvalue weighted by Crippen LogP contribution is -2.36. The Morgan fingerprint density at radius 1 is 1.08 bits per heavy atom. The predicted molar refractivity (Wildman–Crippen MR) is 138 cm³/mol. The third-order valence-corrected chi connectivity index (χ3v) is 6.23. The molecule has 194 valence electrons. The van der Waals surface area contributed by atoms with E-state index in [1.165, 1.54) is 41.8 Å². The highest BCUT2D eigenvalue weighted by Crippen LogP contribution is 2.36. The fourth-order valence-electron chi connectivity index (χ4n) is 3.23. The summed E-state index contributed by atoms with van der Waals surface area (Å²) in [6.45, 7) is 1.11. The Morgan fingerprint density at radius 2 is 1.78 bits per heavy atom. The number of carboxylic acid groups (broad SMARTS) is 1. The lowest BCUT2D eigenvalue weighted by Gasteiger charge is -2.21. The van der Waals surface area contributed by atoms with Crippen molar-refractivity contribution in [2.45, 2.75) is 9.79 Å². The molecule has 4 rings (SSSR count). The van der Waals surface area contributed by atoms with Crippen molar-refractivity contribution in [3.05, 3.63) is 84.3 Å². The fourth-order valence-corrected chi connectivity index (χ4v) is 4.19. The standard InChI is InChI=1S/C22H16FN3O3S.C5H14NO/c1-29-19-7-4-6-17(23)21(19)26-13-18(24-25-26)16-5-2-3-8-20(16)30-15-11-9-14(10-12-15)22(27)28;1-6(2,3)4-5-7/h2-13H,1H3,(H,27,28);7H,4-5H2,1-3H3/q;+1/p-1. The number of carbonyl (C=O) groups excluding carboxylic acids is 1. The minimum atomic E-state index is -1.22. The number of quaternary nitrogens is 1. The van der Waals surface area contributed by atoms with Gasteiger partial charge < -0.3 is 24.2 Å². The van der Waals surface area contributed by atoms with E-state index in [-0.39, 0.29) is 17.9 Å². The number of carbonyl (C=O) groups is 1. The van der Waals surface area contributed by atoms with Crippen LogP contribution in [-0.2, 0) is 0 Å². The van der Waals surface area contributed by atoms with E-state index in [1.54, 1.807) is 30.5 Å². The SMILES string of the molecule is COc1cccc(F)c1-n1cc(-c2ccccc2Sc2ccc(C(=O)[O-])cc2)nn1.C[N+](C)(C)CCO. The molecule has 0 aliphatic carbocycles. The van der Waals surface area contributed by atoms with Gasteiger partial charge in [0.05, 0.1) is 47.0 Å². The molecule has 0 unspecified atom stereocenters. The Bertz CT molecular complexity index is 1340. The monoisotopic (exact) mass is 524 g/mol. The second-order valence-electron chi connectivity index (χ2n) is 8.99. The van der Waals surface area contributed by atoms with Crippen molar-refractivity contribution in [3.8, 4) is 22.7 Å². The smallest absolute Gasteiger partial charge is 0.152 e. The molecule has 0 aliphatic heterocycles. The summed E-state index contributed by atoms with van der Waals surface area (Å²) in [6, 6.07) is 18.6. The first-order valence-corrected chi connectivity index (χ1v) is 12.2. The zero-order chi connectivity index (χ0) is 27.0.